The van der Waals surface area contributed by atoms with Crippen LogP contribution in [0.4, 0.5) is 0 Å². The summed E-state index contributed by atoms with van der Waals surface area (Å²) in [5, 5.41) is 3.16. The van der Waals surface area contributed by atoms with Crippen molar-refractivity contribution in [1.29, 1.82) is 0 Å². The van der Waals surface area contributed by atoms with Crippen LogP contribution in [0, 0.1) is 58.2 Å². The molecule has 4 fully saturated rings. The van der Waals surface area contributed by atoms with Crippen molar-refractivity contribution >= 4 is 47.4 Å². The molecule has 4 aromatic carbocycles. The minimum Gasteiger partial charge on any atom is -0.282 e. The van der Waals surface area contributed by atoms with Gasteiger partial charge in [-0.3, -0.25) is 9.11 Å². The lowest BCUT2D eigenvalue weighted by molar-refractivity contribution is -0.118. The summed E-state index contributed by atoms with van der Waals surface area (Å²) in [6, 6.07) is 21.2. The van der Waals surface area contributed by atoms with Crippen molar-refractivity contribution < 1.29 is 25.9 Å². The Hall–Kier alpha value is -3.04. The highest BCUT2D eigenvalue weighted by atomic mass is 32.2. The van der Waals surface area contributed by atoms with Gasteiger partial charge in [-0.2, -0.15) is 16.8 Å². The Balaban J connectivity index is 1.11. The largest absolute Gasteiger partial charge is 0.294 e. The molecule has 0 aromatic heterocycles. The molecular weight excluding hydrogens is 749 g/mol. The van der Waals surface area contributed by atoms with Gasteiger partial charge in [0.05, 0.1) is 9.79 Å². The van der Waals surface area contributed by atoms with Crippen LogP contribution in [0.1, 0.15) is 123 Å². The third-order valence-electron chi connectivity index (χ3n) is 16.2. The smallest absolute Gasteiger partial charge is 0.282 e. The van der Waals surface area contributed by atoms with Crippen LogP contribution in [-0.2, 0) is 20.2 Å². The molecule has 0 amide bonds. The Labute approximate surface area is 341 Å². The van der Waals surface area contributed by atoms with E-state index in [9.17, 15) is 25.9 Å². The third kappa shape index (κ3) is 7.55. The summed E-state index contributed by atoms with van der Waals surface area (Å²) in [6.45, 7) is 12.6. The van der Waals surface area contributed by atoms with Crippen LogP contribution in [0.5, 0.6) is 0 Å². The van der Waals surface area contributed by atoms with Gasteiger partial charge in [0.1, 0.15) is 0 Å². The second-order valence-corrected chi connectivity index (χ2v) is 22.5. The Morgan fingerprint density at radius 2 is 1.28 bits per heavy atom. The second kappa shape index (κ2) is 15.2. The standard InChI is InChI=1S/C49H62O6S2/c1-31(2)9-6-10-32(3)45-21-22-46-43-18-15-36-27-33(23-25-48(36,4)47(43)24-26-49(45,46)5)28-44(41-13-7-11-34-29-37(56(50,51)52)16-19-39(34)41)42-14-8-12-35-30-38(57(53,54)55)17-20-40(35)42/h7-8,11-14,16-17,19-20,28-33,36,43,45-47H,6,9-10,15,18,21-27H2,1-5H3,(H,50,51,52)(H,53,54,55)/t32?,33?,36-,43+,45-,46+,47+,48+,49-/m1/s1. The maximum absolute atomic E-state index is 12.1. The average molecular weight is 811 g/mol. The molecule has 8 rings (SSSR count). The fraction of sp³-hybridized carbons (Fsp3) is 0.551. The molecule has 4 saturated carbocycles. The summed E-state index contributed by atoms with van der Waals surface area (Å²) in [4.78, 5) is -0.287. The van der Waals surface area contributed by atoms with E-state index in [1.54, 1.807) is 12.1 Å². The topological polar surface area (TPSA) is 109 Å². The molecule has 306 valence electrons. The molecule has 9 atom stereocenters. The summed E-state index contributed by atoms with van der Waals surface area (Å²) >= 11 is 0. The predicted molar refractivity (Wildman–Crippen MR) is 231 cm³/mol. The lowest BCUT2D eigenvalue weighted by atomic mass is 9.44. The lowest BCUT2D eigenvalue weighted by Gasteiger charge is -2.61. The van der Waals surface area contributed by atoms with Crippen molar-refractivity contribution in [3.8, 4) is 0 Å². The summed E-state index contributed by atoms with van der Waals surface area (Å²) in [5.41, 5.74) is 3.77. The van der Waals surface area contributed by atoms with Gasteiger partial charge in [0, 0.05) is 0 Å². The minimum atomic E-state index is -4.38. The first-order valence-electron chi connectivity index (χ1n) is 21.7. The Bertz CT molecular complexity index is 2300. The van der Waals surface area contributed by atoms with E-state index in [4.69, 9.17) is 0 Å². The number of rotatable bonds is 10. The van der Waals surface area contributed by atoms with Crippen molar-refractivity contribution in [2.75, 3.05) is 0 Å². The third-order valence-corrected chi connectivity index (χ3v) is 17.9. The van der Waals surface area contributed by atoms with E-state index in [-0.39, 0.29) is 9.79 Å². The van der Waals surface area contributed by atoms with Crippen molar-refractivity contribution in [3.63, 3.8) is 0 Å². The van der Waals surface area contributed by atoms with E-state index in [2.05, 4.69) is 52.8 Å². The highest BCUT2D eigenvalue weighted by Gasteiger charge is 2.60. The Kier molecular flexibility index (Phi) is 10.9. The predicted octanol–water partition coefficient (Wildman–Crippen LogP) is 12.7. The number of fused-ring (bicyclic) bond motifs is 7. The second-order valence-electron chi connectivity index (χ2n) is 19.6. The first-order chi connectivity index (χ1) is 27.0. The van der Waals surface area contributed by atoms with Gasteiger partial charge in [0.15, 0.2) is 0 Å². The van der Waals surface area contributed by atoms with Crippen LogP contribution >= 0.6 is 0 Å². The molecule has 4 aliphatic rings. The van der Waals surface area contributed by atoms with Gasteiger partial charge in [-0.1, -0.05) is 108 Å². The first-order valence-corrected chi connectivity index (χ1v) is 24.6. The van der Waals surface area contributed by atoms with Crippen molar-refractivity contribution in [1.82, 2.24) is 0 Å². The van der Waals surface area contributed by atoms with Crippen LogP contribution in [0.25, 0.3) is 27.1 Å². The van der Waals surface area contributed by atoms with Gasteiger partial charge in [-0.15, -0.1) is 0 Å². The van der Waals surface area contributed by atoms with E-state index in [0.29, 0.717) is 33.4 Å². The Morgan fingerprint density at radius 3 is 1.86 bits per heavy atom. The molecule has 0 heterocycles. The maximum Gasteiger partial charge on any atom is 0.294 e. The fourth-order valence-electron chi connectivity index (χ4n) is 13.3. The van der Waals surface area contributed by atoms with Crippen LogP contribution in [0.2, 0.25) is 0 Å². The SMILES string of the molecule is CC(C)CCCC(C)[C@H]1CC[C@H]2[C@@H]3CC[C@@H]4CC(C=C(c5cccc6cc(S(=O)(=O)O)ccc56)c5cccc6cc(S(=O)(=O)O)ccc56)CC[C@]4(C)[C@H]3CC[C@]12C. The molecule has 4 aliphatic carbocycles. The van der Waals surface area contributed by atoms with Crippen molar-refractivity contribution in [2.24, 2.45) is 58.2 Å². The van der Waals surface area contributed by atoms with Crippen molar-refractivity contribution in [3.05, 3.63) is 90.0 Å². The zero-order chi connectivity index (χ0) is 40.5. The fourth-order valence-corrected chi connectivity index (χ4v) is 14.4. The highest BCUT2D eigenvalue weighted by molar-refractivity contribution is 7.86. The summed E-state index contributed by atoms with van der Waals surface area (Å²) < 4.78 is 68.1. The van der Waals surface area contributed by atoms with Crippen LogP contribution in [-0.4, -0.2) is 25.9 Å². The molecule has 2 unspecified atom stereocenters. The van der Waals surface area contributed by atoms with E-state index in [1.165, 1.54) is 88.5 Å². The minimum absolute atomic E-state index is 0.143. The molecular formula is C49H62O6S2. The molecule has 0 spiro atoms. The monoisotopic (exact) mass is 810 g/mol. The number of hydrogen-bond donors (Lipinski definition) is 2. The molecule has 2 N–H and O–H groups in total. The van der Waals surface area contributed by atoms with E-state index < -0.39 is 20.2 Å². The lowest BCUT2D eigenvalue weighted by Crippen LogP contribution is -2.53. The zero-order valence-electron chi connectivity index (χ0n) is 34.5. The van der Waals surface area contributed by atoms with Gasteiger partial charge >= 0.3 is 0 Å². The zero-order valence-corrected chi connectivity index (χ0v) is 36.1. The van der Waals surface area contributed by atoms with Crippen LogP contribution in [0.15, 0.2) is 88.7 Å². The van der Waals surface area contributed by atoms with E-state index in [1.807, 2.05) is 24.3 Å². The molecule has 0 saturated heterocycles. The highest BCUT2D eigenvalue weighted by Crippen LogP contribution is 2.69. The van der Waals surface area contributed by atoms with E-state index >= 15 is 0 Å². The molecule has 8 heteroatoms. The molecule has 0 bridgehead atoms. The van der Waals surface area contributed by atoms with E-state index in [0.717, 1.165) is 75.8 Å². The van der Waals surface area contributed by atoms with Gasteiger partial charge < -0.3 is 0 Å². The van der Waals surface area contributed by atoms with Gasteiger partial charge in [-0.05, 0) is 178 Å². The molecule has 0 aliphatic heterocycles. The number of benzene rings is 4. The normalized spacial score (nSPS) is 30.8. The summed E-state index contributed by atoms with van der Waals surface area (Å²) in [5.74, 6) is 5.95. The van der Waals surface area contributed by atoms with Crippen molar-refractivity contribution in [2.45, 2.75) is 121 Å². The molecule has 6 nitrogen and oxygen atoms in total. The Morgan fingerprint density at radius 1 is 0.702 bits per heavy atom. The van der Waals surface area contributed by atoms with Gasteiger partial charge in [-0.25, -0.2) is 0 Å². The maximum atomic E-state index is 12.1. The van der Waals surface area contributed by atoms with Crippen LogP contribution in [0.3, 0.4) is 0 Å². The van der Waals surface area contributed by atoms with Gasteiger partial charge in [0.2, 0.25) is 0 Å². The molecule has 57 heavy (non-hydrogen) atoms. The molecule has 0 radical (unpaired) electrons. The first kappa shape index (κ1) is 40.7. The van der Waals surface area contributed by atoms with Gasteiger partial charge in [0.25, 0.3) is 20.2 Å². The summed E-state index contributed by atoms with van der Waals surface area (Å²) in [6.07, 6.45) is 18.2. The quantitative estimate of drug-likeness (QED) is 0.154. The molecule has 4 aromatic rings. The number of hydrogen-bond acceptors (Lipinski definition) is 4. The summed E-state index contributed by atoms with van der Waals surface area (Å²) in [7, 11) is -8.76. The van der Waals surface area contributed by atoms with Crippen LogP contribution < -0.4 is 0 Å². The average Bonchev–Trinajstić information content (AvgIpc) is 3.52. The number of allylic oxidation sites excluding steroid dienone is 1.